The van der Waals surface area contributed by atoms with Gasteiger partial charge in [-0.05, 0) is 42.9 Å². The number of halogens is 1. The van der Waals surface area contributed by atoms with Crippen molar-refractivity contribution in [3.05, 3.63) is 29.6 Å². The van der Waals surface area contributed by atoms with E-state index in [0.717, 1.165) is 10.8 Å². The number of rotatable bonds is 5. The van der Waals surface area contributed by atoms with Crippen molar-refractivity contribution in [2.24, 2.45) is 16.6 Å². The number of nitrogens with zero attached hydrogens (tertiary/aromatic N) is 2. The molecule has 2 aliphatic rings. The van der Waals surface area contributed by atoms with Crippen LogP contribution in [0.3, 0.4) is 0 Å². The smallest absolute Gasteiger partial charge is 0.235 e. The lowest BCUT2D eigenvalue weighted by atomic mass is 9.85. The topological polar surface area (TPSA) is 87.8 Å². The van der Waals surface area contributed by atoms with Crippen LogP contribution in [0.5, 0.6) is 0 Å². The third kappa shape index (κ3) is 3.80. The number of hydrogen-bond donors (Lipinski definition) is 2. The van der Waals surface area contributed by atoms with Gasteiger partial charge in [-0.1, -0.05) is 12.5 Å². The first-order valence-corrected chi connectivity index (χ1v) is 9.89. The fourth-order valence-corrected chi connectivity index (χ4v) is 4.51. The Hall–Kier alpha value is -1.83. The molecule has 1 aliphatic carbocycles. The summed E-state index contributed by atoms with van der Waals surface area (Å²) in [6.45, 7) is 1.41. The predicted molar refractivity (Wildman–Crippen MR) is 92.8 cm³/mol. The molecule has 1 aromatic carbocycles. The largest absolute Gasteiger partial charge is 0.370 e. The molecule has 6 nitrogen and oxygen atoms in total. The van der Waals surface area contributed by atoms with Crippen LogP contribution in [-0.2, 0) is 16.6 Å². The molecule has 24 heavy (non-hydrogen) atoms. The highest BCUT2D eigenvalue weighted by atomic mass is 32.2. The van der Waals surface area contributed by atoms with Crippen molar-refractivity contribution in [2.45, 2.75) is 32.2 Å². The summed E-state index contributed by atoms with van der Waals surface area (Å²) in [4.78, 5) is 4.21. The Morgan fingerprint density at radius 3 is 2.75 bits per heavy atom. The van der Waals surface area contributed by atoms with Crippen molar-refractivity contribution < 1.29 is 12.8 Å². The van der Waals surface area contributed by atoms with Crippen molar-refractivity contribution in [3.63, 3.8) is 0 Å². The maximum absolute atomic E-state index is 14.3. The molecule has 0 amide bonds. The molecule has 132 valence electrons. The van der Waals surface area contributed by atoms with Crippen molar-refractivity contribution in [3.8, 4) is 0 Å². The average Bonchev–Trinajstić information content (AvgIpc) is 2.83. The summed E-state index contributed by atoms with van der Waals surface area (Å²) in [5, 5.41) is 3.08. The van der Waals surface area contributed by atoms with E-state index in [9.17, 15) is 12.8 Å². The molecule has 8 heteroatoms. The Labute approximate surface area is 142 Å². The Morgan fingerprint density at radius 2 is 2.17 bits per heavy atom. The van der Waals surface area contributed by atoms with E-state index in [1.54, 1.807) is 6.07 Å². The fourth-order valence-electron chi connectivity index (χ4n) is 2.94. The highest BCUT2D eigenvalue weighted by Gasteiger charge is 2.30. The van der Waals surface area contributed by atoms with Gasteiger partial charge in [-0.3, -0.25) is 4.31 Å². The molecule has 3 N–H and O–H groups in total. The monoisotopic (exact) mass is 354 g/mol. The van der Waals surface area contributed by atoms with Crippen LogP contribution in [0.1, 0.15) is 31.2 Å². The third-order valence-corrected chi connectivity index (χ3v) is 6.46. The number of hydrogen-bond acceptors (Lipinski definition) is 3. The highest BCUT2D eigenvalue weighted by molar-refractivity contribution is 7.93. The molecule has 1 heterocycles. The number of nitrogens with two attached hydrogens (primary N) is 1. The van der Waals surface area contributed by atoms with Crippen LogP contribution in [0.15, 0.2) is 23.2 Å². The molecule has 3 rings (SSSR count). The van der Waals surface area contributed by atoms with E-state index >= 15 is 0 Å². The molecular formula is C16H23FN4O2S. The van der Waals surface area contributed by atoms with E-state index in [4.69, 9.17) is 5.73 Å². The Kier molecular flexibility index (Phi) is 4.93. The molecule has 0 aromatic heterocycles. The van der Waals surface area contributed by atoms with E-state index in [1.165, 1.54) is 31.4 Å². The molecular weight excluding hydrogens is 331 g/mol. The van der Waals surface area contributed by atoms with E-state index in [-0.39, 0.29) is 18.0 Å². The first-order valence-electron chi connectivity index (χ1n) is 8.28. The summed E-state index contributed by atoms with van der Waals surface area (Å²) in [6, 6.07) is 4.52. The summed E-state index contributed by atoms with van der Waals surface area (Å²) in [5.41, 5.74) is 6.57. The molecule has 1 saturated heterocycles. The van der Waals surface area contributed by atoms with Gasteiger partial charge in [0.05, 0.1) is 18.0 Å². The number of aliphatic imine (C=N–C) groups is 1. The van der Waals surface area contributed by atoms with Gasteiger partial charge in [0.1, 0.15) is 5.82 Å². The van der Waals surface area contributed by atoms with Crippen LogP contribution >= 0.6 is 0 Å². The number of nitrogens with one attached hydrogen (secondary N) is 1. The molecule has 2 fully saturated rings. The van der Waals surface area contributed by atoms with Gasteiger partial charge in [0.25, 0.3) is 0 Å². The summed E-state index contributed by atoms with van der Waals surface area (Å²) in [7, 11) is -3.38. The van der Waals surface area contributed by atoms with E-state index < -0.39 is 15.8 Å². The van der Waals surface area contributed by atoms with Gasteiger partial charge in [0.2, 0.25) is 10.0 Å². The summed E-state index contributed by atoms with van der Waals surface area (Å²) >= 11 is 0. The molecule has 0 unspecified atom stereocenters. The van der Waals surface area contributed by atoms with Crippen molar-refractivity contribution in [1.82, 2.24) is 5.32 Å². The number of anilines is 1. The van der Waals surface area contributed by atoms with Gasteiger partial charge in [-0.2, -0.15) is 0 Å². The van der Waals surface area contributed by atoms with Gasteiger partial charge in [0, 0.05) is 13.1 Å². The highest BCUT2D eigenvalue weighted by Crippen LogP contribution is 2.27. The average molecular weight is 354 g/mol. The van der Waals surface area contributed by atoms with Crippen LogP contribution in [0.2, 0.25) is 0 Å². The lowest BCUT2D eigenvalue weighted by molar-refractivity contribution is 0.315. The first-order chi connectivity index (χ1) is 11.5. The number of benzene rings is 1. The lowest BCUT2D eigenvalue weighted by Crippen LogP contribution is -2.37. The van der Waals surface area contributed by atoms with E-state index in [0.29, 0.717) is 30.4 Å². The fraction of sp³-hybridized carbons (Fsp3) is 0.562. The van der Waals surface area contributed by atoms with Gasteiger partial charge in [0.15, 0.2) is 5.96 Å². The van der Waals surface area contributed by atoms with Gasteiger partial charge in [-0.15, -0.1) is 0 Å². The minimum absolute atomic E-state index is 0.0711. The zero-order chi connectivity index (χ0) is 17.2. The molecule has 0 radical (unpaired) electrons. The van der Waals surface area contributed by atoms with Crippen LogP contribution in [0, 0.1) is 11.7 Å². The van der Waals surface area contributed by atoms with Crippen molar-refractivity contribution in [2.75, 3.05) is 23.1 Å². The second-order valence-electron chi connectivity index (χ2n) is 6.41. The second kappa shape index (κ2) is 6.96. The summed E-state index contributed by atoms with van der Waals surface area (Å²) < 4.78 is 39.2. The maximum Gasteiger partial charge on any atom is 0.235 e. The Bertz CT molecular complexity index is 732. The van der Waals surface area contributed by atoms with Crippen LogP contribution in [0.4, 0.5) is 10.1 Å². The minimum Gasteiger partial charge on any atom is -0.370 e. The number of guanidine groups is 1. The van der Waals surface area contributed by atoms with Crippen molar-refractivity contribution >= 4 is 21.7 Å². The van der Waals surface area contributed by atoms with Gasteiger partial charge >= 0.3 is 0 Å². The standard InChI is InChI=1S/C16H23FN4O2S/c17-14-9-13(11-20-16(18)19-10-12-3-1-4-12)5-6-15(14)21-7-2-8-24(21,22)23/h5-6,9,12H,1-4,7-8,10-11H2,(H3,18,19,20). The minimum atomic E-state index is -3.38. The molecule has 0 bridgehead atoms. The third-order valence-electron chi connectivity index (χ3n) is 4.61. The summed E-state index contributed by atoms with van der Waals surface area (Å²) in [5.74, 6) is 0.558. The predicted octanol–water partition coefficient (Wildman–Crippen LogP) is 1.57. The number of sulfonamides is 1. The van der Waals surface area contributed by atoms with Gasteiger partial charge < -0.3 is 11.1 Å². The molecule has 1 aromatic rings. The molecule has 1 aliphatic heterocycles. The first kappa shape index (κ1) is 17.0. The normalized spacial score (nSPS) is 20.9. The van der Waals surface area contributed by atoms with Crippen LogP contribution in [0.25, 0.3) is 0 Å². The zero-order valence-corrected chi connectivity index (χ0v) is 14.4. The quantitative estimate of drug-likeness (QED) is 0.621. The Morgan fingerprint density at radius 1 is 1.38 bits per heavy atom. The van der Waals surface area contributed by atoms with E-state index in [1.807, 2.05) is 0 Å². The van der Waals surface area contributed by atoms with E-state index in [2.05, 4.69) is 10.3 Å². The van der Waals surface area contributed by atoms with Crippen LogP contribution in [-0.4, -0.2) is 33.2 Å². The van der Waals surface area contributed by atoms with Crippen molar-refractivity contribution in [1.29, 1.82) is 0 Å². The molecule has 0 spiro atoms. The second-order valence-corrected chi connectivity index (χ2v) is 8.42. The SMILES string of the molecule is NC(=NCc1ccc(N2CCCS2(=O)=O)c(F)c1)NCC1CCC1. The Balaban J connectivity index is 1.62. The molecule has 1 saturated carbocycles. The van der Waals surface area contributed by atoms with Crippen LogP contribution < -0.4 is 15.4 Å². The maximum atomic E-state index is 14.3. The molecule has 0 atom stereocenters. The lowest BCUT2D eigenvalue weighted by Gasteiger charge is -2.25. The van der Waals surface area contributed by atoms with Gasteiger partial charge in [-0.25, -0.2) is 17.8 Å². The zero-order valence-electron chi connectivity index (χ0n) is 13.5. The summed E-state index contributed by atoms with van der Waals surface area (Å²) in [6.07, 6.45) is 4.26.